The highest BCUT2D eigenvalue weighted by molar-refractivity contribution is 4.91. The SMILES string of the molecule is CCC1CCCCC1C(N)C(OC)C1CCCCC1. The smallest absolute Gasteiger partial charge is 0.0753 e. The second-order valence-electron chi connectivity index (χ2n) is 6.79. The van der Waals surface area contributed by atoms with E-state index >= 15 is 0 Å². The van der Waals surface area contributed by atoms with Crippen molar-refractivity contribution in [3.63, 3.8) is 0 Å². The summed E-state index contributed by atoms with van der Waals surface area (Å²) in [6.07, 6.45) is 13.9. The van der Waals surface area contributed by atoms with Gasteiger partial charge in [-0.25, -0.2) is 0 Å². The summed E-state index contributed by atoms with van der Waals surface area (Å²) >= 11 is 0. The fourth-order valence-electron chi connectivity index (χ4n) is 4.62. The van der Waals surface area contributed by atoms with Crippen LogP contribution in [0.25, 0.3) is 0 Å². The highest BCUT2D eigenvalue weighted by Crippen LogP contribution is 2.38. The van der Waals surface area contributed by atoms with Gasteiger partial charge < -0.3 is 10.5 Å². The predicted molar refractivity (Wildman–Crippen MR) is 81.1 cm³/mol. The third kappa shape index (κ3) is 3.72. The molecule has 0 aromatic carbocycles. The lowest BCUT2D eigenvalue weighted by Crippen LogP contribution is -2.49. The summed E-state index contributed by atoms with van der Waals surface area (Å²) in [6.45, 7) is 2.33. The van der Waals surface area contributed by atoms with Gasteiger partial charge in [-0.05, 0) is 37.0 Å². The van der Waals surface area contributed by atoms with E-state index < -0.39 is 0 Å². The largest absolute Gasteiger partial charge is 0.380 e. The van der Waals surface area contributed by atoms with Crippen LogP contribution < -0.4 is 5.73 Å². The first-order chi connectivity index (χ1) is 9.27. The third-order valence-corrected chi connectivity index (χ3v) is 5.75. The molecule has 2 saturated carbocycles. The Labute approximate surface area is 119 Å². The molecule has 0 aromatic rings. The van der Waals surface area contributed by atoms with E-state index in [4.69, 9.17) is 10.5 Å². The molecule has 0 spiro atoms. The van der Waals surface area contributed by atoms with Gasteiger partial charge in [0.2, 0.25) is 0 Å². The monoisotopic (exact) mass is 267 g/mol. The first-order valence-electron chi connectivity index (χ1n) is 8.56. The van der Waals surface area contributed by atoms with Gasteiger partial charge >= 0.3 is 0 Å². The number of hydrogen-bond donors (Lipinski definition) is 1. The van der Waals surface area contributed by atoms with Gasteiger partial charge in [0.05, 0.1) is 6.10 Å². The molecule has 2 aliphatic carbocycles. The maximum Gasteiger partial charge on any atom is 0.0753 e. The molecule has 4 unspecified atom stereocenters. The first-order valence-corrected chi connectivity index (χ1v) is 8.56. The molecule has 2 N–H and O–H groups in total. The zero-order valence-electron chi connectivity index (χ0n) is 12.9. The van der Waals surface area contributed by atoms with E-state index in [1.54, 1.807) is 0 Å². The van der Waals surface area contributed by atoms with Gasteiger partial charge in [0, 0.05) is 13.2 Å². The Morgan fingerprint density at radius 1 is 1.00 bits per heavy atom. The molecule has 0 amide bonds. The number of methoxy groups -OCH3 is 1. The summed E-state index contributed by atoms with van der Waals surface area (Å²) in [5.74, 6) is 2.25. The summed E-state index contributed by atoms with van der Waals surface area (Å²) in [5.41, 5.74) is 6.68. The maximum absolute atomic E-state index is 6.68. The van der Waals surface area contributed by atoms with Gasteiger partial charge in [0.1, 0.15) is 0 Å². The van der Waals surface area contributed by atoms with Gasteiger partial charge in [-0.2, -0.15) is 0 Å². The Morgan fingerprint density at radius 2 is 1.63 bits per heavy atom. The molecule has 0 bridgehead atoms. The second kappa shape index (κ2) is 7.64. The third-order valence-electron chi connectivity index (χ3n) is 5.75. The molecule has 0 saturated heterocycles. The quantitative estimate of drug-likeness (QED) is 0.813. The number of ether oxygens (including phenoxy) is 1. The second-order valence-corrected chi connectivity index (χ2v) is 6.79. The zero-order chi connectivity index (χ0) is 13.7. The Kier molecular flexibility index (Phi) is 6.15. The lowest BCUT2D eigenvalue weighted by atomic mass is 9.70. The molecular weight excluding hydrogens is 234 g/mol. The first kappa shape index (κ1) is 15.3. The van der Waals surface area contributed by atoms with E-state index in [0.717, 1.165) is 5.92 Å². The summed E-state index contributed by atoms with van der Waals surface area (Å²) < 4.78 is 5.87. The average molecular weight is 267 g/mol. The van der Waals surface area contributed by atoms with Crippen molar-refractivity contribution in [2.45, 2.75) is 83.3 Å². The summed E-state index contributed by atoms with van der Waals surface area (Å²) in [5, 5.41) is 0. The predicted octanol–water partition coefficient (Wildman–Crippen LogP) is 4.13. The lowest BCUT2D eigenvalue weighted by molar-refractivity contribution is -0.0113. The highest BCUT2D eigenvalue weighted by atomic mass is 16.5. The minimum atomic E-state index is 0.262. The molecule has 112 valence electrons. The van der Waals surface area contributed by atoms with Crippen LogP contribution in [0.15, 0.2) is 0 Å². The highest BCUT2D eigenvalue weighted by Gasteiger charge is 2.37. The Morgan fingerprint density at radius 3 is 2.26 bits per heavy atom. The van der Waals surface area contributed by atoms with Crippen LogP contribution in [0.2, 0.25) is 0 Å². The average Bonchev–Trinajstić information content (AvgIpc) is 2.49. The van der Waals surface area contributed by atoms with Gasteiger partial charge in [0.25, 0.3) is 0 Å². The Hall–Kier alpha value is -0.0800. The molecule has 4 atom stereocenters. The van der Waals surface area contributed by atoms with Crippen molar-refractivity contribution in [2.24, 2.45) is 23.5 Å². The van der Waals surface area contributed by atoms with Crippen LogP contribution >= 0.6 is 0 Å². The number of hydrogen-bond acceptors (Lipinski definition) is 2. The van der Waals surface area contributed by atoms with E-state index in [9.17, 15) is 0 Å². The van der Waals surface area contributed by atoms with Gasteiger partial charge in [0.15, 0.2) is 0 Å². The summed E-state index contributed by atoms with van der Waals surface area (Å²) in [7, 11) is 1.88. The van der Waals surface area contributed by atoms with Gasteiger partial charge in [-0.1, -0.05) is 51.9 Å². The molecule has 0 radical (unpaired) electrons. The van der Waals surface area contributed by atoms with Gasteiger partial charge in [-0.15, -0.1) is 0 Å². The van der Waals surface area contributed by atoms with Crippen molar-refractivity contribution in [3.8, 4) is 0 Å². The fourth-order valence-corrected chi connectivity index (χ4v) is 4.62. The van der Waals surface area contributed by atoms with Crippen molar-refractivity contribution in [3.05, 3.63) is 0 Å². The molecular formula is C17H33NO. The minimum absolute atomic E-state index is 0.262. The van der Waals surface area contributed by atoms with Crippen LogP contribution in [0.3, 0.4) is 0 Å². The van der Waals surface area contributed by atoms with E-state index in [1.165, 1.54) is 64.2 Å². The van der Waals surface area contributed by atoms with Crippen molar-refractivity contribution in [1.29, 1.82) is 0 Å². The molecule has 2 fully saturated rings. The lowest BCUT2D eigenvalue weighted by Gasteiger charge is -2.41. The Bertz CT molecular complexity index is 250. The van der Waals surface area contributed by atoms with Crippen LogP contribution in [0.4, 0.5) is 0 Å². The van der Waals surface area contributed by atoms with Crippen LogP contribution in [0.5, 0.6) is 0 Å². The normalized spacial score (nSPS) is 33.0. The fraction of sp³-hybridized carbons (Fsp3) is 1.00. The van der Waals surface area contributed by atoms with Crippen molar-refractivity contribution < 1.29 is 4.74 Å². The van der Waals surface area contributed by atoms with E-state index in [-0.39, 0.29) is 6.04 Å². The molecule has 0 aromatic heterocycles. The maximum atomic E-state index is 6.68. The molecule has 2 aliphatic rings. The zero-order valence-corrected chi connectivity index (χ0v) is 12.9. The van der Waals surface area contributed by atoms with Crippen LogP contribution in [-0.4, -0.2) is 19.3 Å². The topological polar surface area (TPSA) is 35.2 Å². The standard InChI is InChI=1S/C17H33NO/c1-3-13-9-7-8-12-15(13)16(18)17(19-2)14-10-5-4-6-11-14/h13-17H,3-12,18H2,1-2H3. The summed E-state index contributed by atoms with van der Waals surface area (Å²) in [6, 6.07) is 0.262. The Balaban J connectivity index is 1.99. The van der Waals surface area contributed by atoms with Crippen molar-refractivity contribution in [1.82, 2.24) is 0 Å². The van der Waals surface area contributed by atoms with Crippen LogP contribution in [-0.2, 0) is 4.74 Å². The van der Waals surface area contributed by atoms with E-state index in [0.29, 0.717) is 17.9 Å². The molecule has 0 aliphatic heterocycles. The molecule has 2 heteroatoms. The van der Waals surface area contributed by atoms with Crippen LogP contribution in [0.1, 0.15) is 71.1 Å². The molecule has 2 rings (SSSR count). The van der Waals surface area contributed by atoms with Gasteiger partial charge in [-0.3, -0.25) is 0 Å². The molecule has 2 nitrogen and oxygen atoms in total. The van der Waals surface area contributed by atoms with Crippen LogP contribution in [0, 0.1) is 17.8 Å². The number of rotatable bonds is 5. The summed E-state index contributed by atoms with van der Waals surface area (Å²) in [4.78, 5) is 0. The van der Waals surface area contributed by atoms with E-state index in [2.05, 4.69) is 6.92 Å². The van der Waals surface area contributed by atoms with Crippen molar-refractivity contribution >= 4 is 0 Å². The molecule has 0 heterocycles. The minimum Gasteiger partial charge on any atom is -0.380 e. The van der Waals surface area contributed by atoms with Crippen molar-refractivity contribution in [2.75, 3.05) is 7.11 Å². The molecule has 19 heavy (non-hydrogen) atoms. The van der Waals surface area contributed by atoms with E-state index in [1.807, 2.05) is 7.11 Å². The number of nitrogens with two attached hydrogens (primary N) is 1.